The molecule has 0 aliphatic carbocycles. The molecule has 0 aromatic carbocycles. The van der Waals surface area contributed by atoms with Crippen LogP contribution in [0.4, 0.5) is 0 Å². The molecule has 0 saturated carbocycles. The van der Waals surface area contributed by atoms with Crippen LogP contribution in [-0.2, 0) is 0 Å². The highest BCUT2D eigenvalue weighted by atomic mass is 14.1. The summed E-state index contributed by atoms with van der Waals surface area (Å²) in [4.78, 5) is 0. The molecule has 0 aromatic heterocycles. The molecule has 12 heavy (non-hydrogen) atoms. The van der Waals surface area contributed by atoms with Crippen molar-refractivity contribution in [1.82, 2.24) is 0 Å². The van der Waals surface area contributed by atoms with E-state index in [0.29, 0.717) is 0 Å². The summed E-state index contributed by atoms with van der Waals surface area (Å²) in [5, 5.41) is 0. The summed E-state index contributed by atoms with van der Waals surface area (Å²) in [6, 6.07) is 0. The van der Waals surface area contributed by atoms with E-state index in [4.69, 9.17) is 0 Å². The molecule has 0 amide bonds. The Morgan fingerprint density at radius 3 is 1.83 bits per heavy atom. The van der Waals surface area contributed by atoms with Crippen LogP contribution in [0, 0.1) is 5.92 Å². The fourth-order valence-electron chi connectivity index (χ4n) is 1.18. The molecule has 0 saturated heterocycles. The van der Waals surface area contributed by atoms with Gasteiger partial charge in [0.05, 0.1) is 0 Å². The van der Waals surface area contributed by atoms with Gasteiger partial charge in [-0.3, -0.25) is 0 Å². The standard InChI is InChI=1S/C12H20/c1-4-7-10-12(9-6-3)11-8-5-2/h4-8,12H,3,9-11H2,1-2H3/b7-4-,8-5+. The molecule has 0 spiro atoms. The van der Waals surface area contributed by atoms with Gasteiger partial charge in [0, 0.05) is 0 Å². The van der Waals surface area contributed by atoms with Gasteiger partial charge in [-0.15, -0.1) is 6.58 Å². The van der Waals surface area contributed by atoms with E-state index in [2.05, 4.69) is 44.7 Å². The zero-order valence-corrected chi connectivity index (χ0v) is 8.29. The molecule has 1 unspecified atom stereocenters. The Bertz CT molecular complexity index is 137. The second kappa shape index (κ2) is 8.32. The van der Waals surface area contributed by atoms with Crippen molar-refractivity contribution >= 4 is 0 Å². The van der Waals surface area contributed by atoms with Crippen LogP contribution in [0.15, 0.2) is 37.0 Å². The van der Waals surface area contributed by atoms with Gasteiger partial charge in [0.25, 0.3) is 0 Å². The maximum Gasteiger partial charge on any atom is -0.0310 e. The van der Waals surface area contributed by atoms with Gasteiger partial charge in [-0.2, -0.15) is 0 Å². The first-order valence-electron chi connectivity index (χ1n) is 4.68. The van der Waals surface area contributed by atoms with E-state index >= 15 is 0 Å². The molecule has 1 atom stereocenters. The lowest BCUT2D eigenvalue weighted by Gasteiger charge is -2.08. The fourth-order valence-corrected chi connectivity index (χ4v) is 1.18. The Labute approximate surface area is 76.7 Å². The van der Waals surface area contributed by atoms with Crippen LogP contribution in [-0.4, -0.2) is 0 Å². The van der Waals surface area contributed by atoms with Crippen molar-refractivity contribution in [2.45, 2.75) is 33.1 Å². The van der Waals surface area contributed by atoms with Crippen molar-refractivity contribution in [3.63, 3.8) is 0 Å². The van der Waals surface area contributed by atoms with E-state index in [1.807, 2.05) is 6.08 Å². The Hall–Kier alpha value is -0.780. The van der Waals surface area contributed by atoms with Crippen molar-refractivity contribution in [2.24, 2.45) is 5.92 Å². The third-order valence-corrected chi connectivity index (χ3v) is 1.91. The smallest absolute Gasteiger partial charge is 0.0310 e. The molecule has 68 valence electrons. The predicted octanol–water partition coefficient (Wildman–Crippen LogP) is 4.11. The van der Waals surface area contributed by atoms with Gasteiger partial charge in [-0.05, 0) is 39.0 Å². The molecule has 0 aliphatic heterocycles. The first-order valence-corrected chi connectivity index (χ1v) is 4.68. The molecule has 0 bridgehead atoms. The largest absolute Gasteiger partial charge is 0.103 e. The monoisotopic (exact) mass is 164 g/mol. The normalized spacial score (nSPS) is 14.2. The molecule has 0 radical (unpaired) electrons. The molecule has 0 heterocycles. The Balaban J connectivity index is 3.76. The Morgan fingerprint density at radius 1 is 1.00 bits per heavy atom. The highest BCUT2D eigenvalue weighted by molar-refractivity contribution is 4.88. The van der Waals surface area contributed by atoms with Crippen LogP contribution >= 0.6 is 0 Å². The maximum atomic E-state index is 3.77. The number of hydrogen-bond donors (Lipinski definition) is 0. The summed E-state index contributed by atoms with van der Waals surface area (Å²) < 4.78 is 0. The zero-order valence-electron chi connectivity index (χ0n) is 8.29. The van der Waals surface area contributed by atoms with Crippen LogP contribution in [0.1, 0.15) is 33.1 Å². The van der Waals surface area contributed by atoms with E-state index in [9.17, 15) is 0 Å². The fraction of sp³-hybridized carbons (Fsp3) is 0.500. The van der Waals surface area contributed by atoms with Crippen molar-refractivity contribution in [3.8, 4) is 0 Å². The third-order valence-electron chi connectivity index (χ3n) is 1.91. The molecule has 0 nitrogen and oxygen atoms in total. The van der Waals surface area contributed by atoms with E-state index in [-0.39, 0.29) is 0 Å². The highest BCUT2D eigenvalue weighted by Gasteiger charge is 2.01. The van der Waals surface area contributed by atoms with Crippen LogP contribution in [0.5, 0.6) is 0 Å². The van der Waals surface area contributed by atoms with E-state index in [0.717, 1.165) is 12.3 Å². The van der Waals surface area contributed by atoms with Crippen LogP contribution in [0.3, 0.4) is 0 Å². The van der Waals surface area contributed by atoms with Gasteiger partial charge in [-0.1, -0.05) is 30.4 Å². The molecule has 0 fully saturated rings. The molecule has 0 aliphatic rings. The minimum atomic E-state index is 0.745. The van der Waals surface area contributed by atoms with Gasteiger partial charge in [0.15, 0.2) is 0 Å². The zero-order chi connectivity index (χ0) is 9.23. The topological polar surface area (TPSA) is 0 Å². The van der Waals surface area contributed by atoms with Gasteiger partial charge < -0.3 is 0 Å². The van der Waals surface area contributed by atoms with Crippen LogP contribution in [0.2, 0.25) is 0 Å². The quantitative estimate of drug-likeness (QED) is 0.518. The first kappa shape index (κ1) is 11.2. The van der Waals surface area contributed by atoms with Gasteiger partial charge in [0.2, 0.25) is 0 Å². The summed E-state index contributed by atoms with van der Waals surface area (Å²) >= 11 is 0. The molecule has 0 aromatic rings. The lowest BCUT2D eigenvalue weighted by atomic mass is 9.97. The summed E-state index contributed by atoms with van der Waals surface area (Å²) in [6.45, 7) is 7.91. The van der Waals surface area contributed by atoms with E-state index < -0.39 is 0 Å². The van der Waals surface area contributed by atoms with E-state index in [1.54, 1.807) is 0 Å². The molecule has 0 heteroatoms. The number of allylic oxidation sites excluding steroid dienone is 5. The van der Waals surface area contributed by atoms with Crippen LogP contribution < -0.4 is 0 Å². The predicted molar refractivity (Wildman–Crippen MR) is 57.2 cm³/mol. The van der Waals surface area contributed by atoms with Crippen LogP contribution in [0.25, 0.3) is 0 Å². The lowest BCUT2D eigenvalue weighted by molar-refractivity contribution is 0.550. The molecule has 0 N–H and O–H groups in total. The van der Waals surface area contributed by atoms with Gasteiger partial charge >= 0.3 is 0 Å². The third kappa shape index (κ3) is 5.96. The second-order valence-electron chi connectivity index (χ2n) is 3.00. The van der Waals surface area contributed by atoms with E-state index in [1.165, 1.54) is 12.8 Å². The van der Waals surface area contributed by atoms with Crippen molar-refractivity contribution < 1.29 is 0 Å². The van der Waals surface area contributed by atoms with Gasteiger partial charge in [0.1, 0.15) is 0 Å². The maximum absolute atomic E-state index is 3.77. The second-order valence-corrected chi connectivity index (χ2v) is 3.00. The summed E-state index contributed by atoms with van der Waals surface area (Å²) in [5.41, 5.74) is 0. The van der Waals surface area contributed by atoms with Crippen molar-refractivity contribution in [1.29, 1.82) is 0 Å². The Morgan fingerprint density at radius 2 is 1.50 bits per heavy atom. The van der Waals surface area contributed by atoms with Crippen molar-refractivity contribution in [3.05, 3.63) is 37.0 Å². The first-order chi connectivity index (χ1) is 5.85. The summed E-state index contributed by atoms with van der Waals surface area (Å²) in [5.74, 6) is 0.745. The molecular weight excluding hydrogens is 144 g/mol. The summed E-state index contributed by atoms with van der Waals surface area (Å²) in [6.07, 6.45) is 14.2. The number of rotatable bonds is 6. The lowest BCUT2D eigenvalue weighted by Crippen LogP contribution is -1.95. The minimum absolute atomic E-state index is 0.745. The Kier molecular flexibility index (Phi) is 7.78. The van der Waals surface area contributed by atoms with Crippen molar-refractivity contribution in [2.75, 3.05) is 0 Å². The number of hydrogen-bond acceptors (Lipinski definition) is 0. The van der Waals surface area contributed by atoms with Gasteiger partial charge in [-0.25, -0.2) is 0 Å². The average Bonchev–Trinajstić information content (AvgIpc) is 2.10. The molecular formula is C12H20. The minimum Gasteiger partial charge on any atom is -0.103 e. The SMILES string of the molecule is C=CCC(C/C=C\C)C/C=C/C. The summed E-state index contributed by atoms with van der Waals surface area (Å²) in [7, 11) is 0. The highest BCUT2D eigenvalue weighted by Crippen LogP contribution is 2.15. The molecule has 0 rings (SSSR count). The average molecular weight is 164 g/mol.